The molecule has 0 bridgehead atoms. The van der Waals surface area contributed by atoms with Crippen LogP contribution in [0.1, 0.15) is 6.42 Å². The van der Waals surface area contributed by atoms with Gasteiger partial charge in [-0.15, -0.1) is 0 Å². The summed E-state index contributed by atoms with van der Waals surface area (Å²) in [4.78, 5) is 14.4. The summed E-state index contributed by atoms with van der Waals surface area (Å²) in [5.74, 6) is 1.79. The molecule has 2 rings (SSSR count). The number of aliphatic hydroxyl groups is 1. The van der Waals surface area contributed by atoms with Gasteiger partial charge < -0.3 is 14.8 Å². The number of benzene rings is 1. The van der Waals surface area contributed by atoms with Crippen LogP contribution in [-0.4, -0.2) is 39.7 Å². The Hall–Kier alpha value is -1.80. The molecule has 0 atom stereocenters. The van der Waals surface area contributed by atoms with Crippen LogP contribution in [0.25, 0.3) is 11.1 Å². The predicted octanol–water partition coefficient (Wildman–Crippen LogP) is 2.26. The van der Waals surface area contributed by atoms with Crippen LogP contribution in [0.4, 0.5) is 11.7 Å². The van der Waals surface area contributed by atoms with Gasteiger partial charge in [-0.25, -0.2) is 0 Å². The third kappa shape index (κ3) is 3.84. The molecule has 0 saturated carbocycles. The Morgan fingerprint density at radius 3 is 3.05 bits per heavy atom. The largest absolute Gasteiger partial charge is 0.423 e. The summed E-state index contributed by atoms with van der Waals surface area (Å²) >= 11 is 1.73. The molecule has 0 aliphatic carbocycles. The molecule has 0 spiro atoms. The first-order valence-electron chi connectivity index (χ1n) is 6.18. The zero-order chi connectivity index (χ0) is 14.4. The van der Waals surface area contributed by atoms with Gasteiger partial charge in [0.05, 0.1) is 11.0 Å². The number of thioether (sulfide) groups is 1. The van der Waals surface area contributed by atoms with Crippen LogP contribution in [0, 0.1) is 10.1 Å². The summed E-state index contributed by atoms with van der Waals surface area (Å²) in [5.41, 5.74) is 0.973. The van der Waals surface area contributed by atoms with Gasteiger partial charge in [0.2, 0.25) is 0 Å². The van der Waals surface area contributed by atoms with Crippen molar-refractivity contribution in [2.75, 3.05) is 30.0 Å². The minimum absolute atomic E-state index is 0.0141. The molecule has 20 heavy (non-hydrogen) atoms. The molecule has 0 unspecified atom stereocenters. The van der Waals surface area contributed by atoms with E-state index in [1.54, 1.807) is 17.8 Å². The number of oxazole rings is 1. The van der Waals surface area contributed by atoms with Crippen molar-refractivity contribution in [3.8, 4) is 0 Å². The highest BCUT2D eigenvalue weighted by atomic mass is 32.2. The van der Waals surface area contributed by atoms with Gasteiger partial charge in [-0.3, -0.25) is 10.1 Å². The van der Waals surface area contributed by atoms with E-state index in [2.05, 4.69) is 10.3 Å². The monoisotopic (exact) mass is 297 g/mol. The molecule has 2 aromatic rings. The van der Waals surface area contributed by atoms with E-state index in [0.717, 1.165) is 17.9 Å². The van der Waals surface area contributed by atoms with E-state index < -0.39 is 4.92 Å². The SMILES string of the molecule is O=[N+]([O-])c1ccc2nc(NCCSCCCO)oc2c1. The zero-order valence-electron chi connectivity index (χ0n) is 10.7. The van der Waals surface area contributed by atoms with Gasteiger partial charge in [0, 0.05) is 25.0 Å². The molecular formula is C12H15N3O4S. The topological polar surface area (TPSA) is 101 Å². The Labute approximate surface area is 119 Å². The number of hydrogen-bond donors (Lipinski definition) is 2. The zero-order valence-corrected chi connectivity index (χ0v) is 11.6. The van der Waals surface area contributed by atoms with E-state index in [-0.39, 0.29) is 12.3 Å². The highest BCUT2D eigenvalue weighted by Gasteiger charge is 2.11. The van der Waals surface area contributed by atoms with E-state index in [1.165, 1.54) is 12.1 Å². The van der Waals surface area contributed by atoms with Gasteiger partial charge >= 0.3 is 0 Å². The van der Waals surface area contributed by atoms with Crippen molar-refractivity contribution in [3.05, 3.63) is 28.3 Å². The Bertz CT molecular complexity index is 587. The third-order valence-electron chi connectivity index (χ3n) is 2.55. The summed E-state index contributed by atoms with van der Waals surface area (Å²) in [7, 11) is 0. The molecule has 7 nitrogen and oxygen atoms in total. The molecule has 0 fully saturated rings. The number of nitrogens with zero attached hydrogens (tertiary/aromatic N) is 2. The van der Waals surface area contributed by atoms with Crippen LogP contribution in [0.15, 0.2) is 22.6 Å². The summed E-state index contributed by atoms with van der Waals surface area (Å²) in [5, 5.41) is 22.3. The van der Waals surface area contributed by atoms with Crippen molar-refractivity contribution in [1.82, 2.24) is 4.98 Å². The average Bonchev–Trinajstić information content (AvgIpc) is 2.84. The van der Waals surface area contributed by atoms with Gasteiger partial charge in [0.25, 0.3) is 11.7 Å². The number of aromatic nitrogens is 1. The van der Waals surface area contributed by atoms with Crippen LogP contribution in [-0.2, 0) is 0 Å². The smallest absolute Gasteiger partial charge is 0.295 e. The number of nitro benzene ring substituents is 1. The van der Waals surface area contributed by atoms with Crippen LogP contribution in [0.5, 0.6) is 0 Å². The number of fused-ring (bicyclic) bond motifs is 1. The minimum Gasteiger partial charge on any atom is -0.423 e. The summed E-state index contributed by atoms with van der Waals surface area (Å²) in [6.07, 6.45) is 0.789. The van der Waals surface area contributed by atoms with Gasteiger partial charge in [0.1, 0.15) is 5.52 Å². The second-order valence-corrected chi connectivity index (χ2v) is 5.27. The Morgan fingerprint density at radius 2 is 2.30 bits per heavy atom. The number of aliphatic hydroxyl groups excluding tert-OH is 1. The molecule has 0 aliphatic heterocycles. The highest BCUT2D eigenvalue weighted by Crippen LogP contribution is 2.23. The first-order valence-corrected chi connectivity index (χ1v) is 7.33. The van der Waals surface area contributed by atoms with Crippen molar-refractivity contribution in [1.29, 1.82) is 0 Å². The van der Waals surface area contributed by atoms with Crippen molar-refractivity contribution >= 4 is 34.6 Å². The molecule has 8 heteroatoms. The van der Waals surface area contributed by atoms with E-state index in [4.69, 9.17) is 9.52 Å². The van der Waals surface area contributed by atoms with Crippen LogP contribution >= 0.6 is 11.8 Å². The van der Waals surface area contributed by atoms with Crippen LogP contribution < -0.4 is 5.32 Å². The maximum atomic E-state index is 10.7. The maximum Gasteiger partial charge on any atom is 0.295 e. The molecule has 0 amide bonds. The molecule has 108 valence electrons. The van der Waals surface area contributed by atoms with Gasteiger partial charge in [-0.2, -0.15) is 16.7 Å². The lowest BCUT2D eigenvalue weighted by Crippen LogP contribution is -2.04. The molecule has 0 saturated heterocycles. The summed E-state index contributed by atoms with van der Waals surface area (Å²) in [6.45, 7) is 0.898. The molecule has 1 aromatic carbocycles. The second kappa shape index (κ2) is 7.11. The highest BCUT2D eigenvalue weighted by molar-refractivity contribution is 7.99. The number of anilines is 1. The molecule has 0 radical (unpaired) electrons. The van der Waals surface area contributed by atoms with E-state index in [1.807, 2.05) is 0 Å². The Balaban J connectivity index is 1.89. The molecule has 1 aromatic heterocycles. The van der Waals surface area contributed by atoms with Gasteiger partial charge in [-0.1, -0.05) is 0 Å². The van der Waals surface area contributed by atoms with Crippen molar-refractivity contribution in [2.45, 2.75) is 6.42 Å². The lowest BCUT2D eigenvalue weighted by Gasteiger charge is -2.00. The Kier molecular flexibility index (Phi) is 5.19. The fourth-order valence-electron chi connectivity index (χ4n) is 1.60. The van der Waals surface area contributed by atoms with Gasteiger partial charge in [-0.05, 0) is 18.2 Å². The Morgan fingerprint density at radius 1 is 1.45 bits per heavy atom. The lowest BCUT2D eigenvalue weighted by atomic mass is 10.3. The minimum atomic E-state index is -0.465. The fourth-order valence-corrected chi connectivity index (χ4v) is 2.39. The summed E-state index contributed by atoms with van der Waals surface area (Å²) in [6, 6.07) is 4.70. The van der Waals surface area contributed by atoms with Gasteiger partial charge in [0.15, 0.2) is 5.58 Å². The first-order chi connectivity index (χ1) is 9.70. The van der Waals surface area contributed by atoms with Crippen LogP contribution in [0.3, 0.4) is 0 Å². The van der Waals surface area contributed by atoms with Crippen molar-refractivity contribution in [2.24, 2.45) is 0 Å². The van der Waals surface area contributed by atoms with E-state index in [9.17, 15) is 10.1 Å². The van der Waals surface area contributed by atoms with Crippen molar-refractivity contribution < 1.29 is 14.4 Å². The van der Waals surface area contributed by atoms with Crippen molar-refractivity contribution in [3.63, 3.8) is 0 Å². The predicted molar refractivity (Wildman–Crippen MR) is 78.2 cm³/mol. The lowest BCUT2D eigenvalue weighted by molar-refractivity contribution is -0.384. The van der Waals surface area contributed by atoms with Crippen LogP contribution in [0.2, 0.25) is 0 Å². The maximum absolute atomic E-state index is 10.7. The average molecular weight is 297 g/mol. The quantitative estimate of drug-likeness (QED) is 0.438. The number of rotatable bonds is 8. The number of nitro groups is 1. The standard InChI is InChI=1S/C12H15N3O4S/c16-5-1-6-20-7-4-13-12-14-10-3-2-9(15(17)18)8-11(10)19-12/h2-3,8,16H,1,4-7H2,(H,13,14). The first kappa shape index (κ1) is 14.6. The third-order valence-corrected chi connectivity index (χ3v) is 3.62. The summed E-state index contributed by atoms with van der Waals surface area (Å²) < 4.78 is 5.41. The second-order valence-electron chi connectivity index (χ2n) is 4.04. The molecule has 1 heterocycles. The normalized spacial score (nSPS) is 10.8. The molecule has 2 N–H and O–H groups in total. The number of non-ortho nitro benzene ring substituents is 1. The fraction of sp³-hybridized carbons (Fsp3) is 0.417. The number of hydrogen-bond acceptors (Lipinski definition) is 7. The molecular weight excluding hydrogens is 282 g/mol. The van der Waals surface area contributed by atoms with E-state index >= 15 is 0 Å². The number of nitrogens with one attached hydrogen (secondary N) is 1. The molecule has 0 aliphatic rings. The van der Waals surface area contributed by atoms with E-state index in [0.29, 0.717) is 23.7 Å².